The quantitative estimate of drug-likeness (QED) is 0.653. The van der Waals surface area contributed by atoms with Crippen LogP contribution in [0, 0.1) is 11.8 Å². The molecule has 7 heteroatoms. The van der Waals surface area contributed by atoms with Crippen LogP contribution >= 0.6 is 0 Å². The molecule has 2 aliphatic heterocycles. The molecule has 1 saturated heterocycles. The maximum Gasteiger partial charge on any atom is 0.243 e. The lowest BCUT2D eigenvalue weighted by Crippen LogP contribution is -2.46. The number of nitrogens with one attached hydrogen (secondary N) is 1. The molecule has 0 spiro atoms. The molecule has 0 unspecified atom stereocenters. The molecule has 0 aliphatic carbocycles. The minimum atomic E-state index is -0.546. The minimum absolute atomic E-state index is 0.0337. The summed E-state index contributed by atoms with van der Waals surface area (Å²) in [6, 6.07) is 9.17. The van der Waals surface area contributed by atoms with Gasteiger partial charge >= 0.3 is 0 Å². The Morgan fingerprint density at radius 3 is 2.80 bits per heavy atom. The molecule has 35 heavy (non-hydrogen) atoms. The number of hydrogen-bond acceptors (Lipinski definition) is 5. The molecular formula is C28H37N3O4. The maximum atomic E-state index is 13.4. The lowest BCUT2D eigenvalue weighted by molar-refractivity contribution is -0.139. The van der Waals surface area contributed by atoms with Crippen LogP contribution in [0.3, 0.4) is 0 Å². The third kappa shape index (κ3) is 6.13. The summed E-state index contributed by atoms with van der Waals surface area (Å²) in [7, 11) is 1.58. The number of methoxy groups -OCH3 is 1. The largest absolute Gasteiger partial charge is 0.481 e. The third-order valence-electron chi connectivity index (χ3n) is 7.22. The highest BCUT2D eigenvalue weighted by atomic mass is 16.5. The van der Waals surface area contributed by atoms with E-state index in [-0.39, 0.29) is 17.9 Å². The van der Waals surface area contributed by atoms with E-state index in [0.29, 0.717) is 49.5 Å². The molecule has 4 rings (SSSR count). The molecule has 1 N–H and O–H groups in total. The average Bonchev–Trinajstić information content (AvgIpc) is 3.29. The van der Waals surface area contributed by atoms with Crippen molar-refractivity contribution in [3.05, 3.63) is 42.5 Å². The lowest BCUT2D eigenvalue weighted by Gasteiger charge is -2.27. The summed E-state index contributed by atoms with van der Waals surface area (Å²) in [4.78, 5) is 32.8. The zero-order valence-corrected chi connectivity index (χ0v) is 21.0. The summed E-state index contributed by atoms with van der Waals surface area (Å²) in [5, 5.41) is 4.83. The van der Waals surface area contributed by atoms with Crippen LogP contribution in [0.4, 0.5) is 0 Å². The van der Waals surface area contributed by atoms with Crippen LogP contribution in [-0.4, -0.2) is 54.0 Å². The number of aromatic nitrogens is 1. The van der Waals surface area contributed by atoms with Gasteiger partial charge in [-0.15, -0.1) is 0 Å². The topological polar surface area (TPSA) is 80.8 Å². The van der Waals surface area contributed by atoms with Crippen molar-refractivity contribution in [3.63, 3.8) is 0 Å². The molecule has 188 valence electrons. The first-order valence-electron chi connectivity index (χ1n) is 12.8. The van der Waals surface area contributed by atoms with Gasteiger partial charge in [-0.3, -0.25) is 9.59 Å². The van der Waals surface area contributed by atoms with E-state index in [4.69, 9.17) is 9.47 Å². The Morgan fingerprint density at radius 1 is 1.17 bits per heavy atom. The number of rotatable bonds is 4. The van der Waals surface area contributed by atoms with Gasteiger partial charge < -0.3 is 19.7 Å². The summed E-state index contributed by atoms with van der Waals surface area (Å²) in [5.41, 5.74) is 0. The Kier molecular flexibility index (Phi) is 8.26. The van der Waals surface area contributed by atoms with Crippen LogP contribution in [0.5, 0.6) is 11.8 Å². The van der Waals surface area contributed by atoms with Crippen molar-refractivity contribution in [2.75, 3.05) is 20.2 Å². The van der Waals surface area contributed by atoms with Gasteiger partial charge in [-0.1, -0.05) is 50.6 Å². The molecule has 1 fully saturated rings. The first-order chi connectivity index (χ1) is 17.0. The highest BCUT2D eigenvalue weighted by Gasteiger charge is 2.41. The third-order valence-corrected chi connectivity index (χ3v) is 7.22. The second-order valence-electron chi connectivity index (χ2n) is 9.84. The Hall–Kier alpha value is -3.09. The first-order valence-corrected chi connectivity index (χ1v) is 12.8. The molecule has 0 bridgehead atoms. The normalized spacial score (nSPS) is 27.1. The minimum Gasteiger partial charge on any atom is -0.481 e. The smallest absolute Gasteiger partial charge is 0.243 e. The van der Waals surface area contributed by atoms with E-state index in [2.05, 4.69) is 30.2 Å². The molecule has 4 atom stereocenters. The van der Waals surface area contributed by atoms with E-state index < -0.39 is 6.04 Å². The van der Waals surface area contributed by atoms with E-state index in [1.807, 2.05) is 36.4 Å². The maximum absolute atomic E-state index is 13.4. The van der Waals surface area contributed by atoms with Gasteiger partial charge in [0.1, 0.15) is 12.1 Å². The van der Waals surface area contributed by atoms with E-state index in [9.17, 15) is 9.59 Å². The van der Waals surface area contributed by atoms with Gasteiger partial charge in [-0.25, -0.2) is 0 Å². The van der Waals surface area contributed by atoms with Gasteiger partial charge in [0.2, 0.25) is 23.6 Å². The number of pyridine rings is 1. The van der Waals surface area contributed by atoms with Crippen molar-refractivity contribution in [1.29, 1.82) is 0 Å². The van der Waals surface area contributed by atoms with Crippen LogP contribution in [-0.2, 0) is 9.59 Å². The van der Waals surface area contributed by atoms with Crippen molar-refractivity contribution < 1.29 is 19.1 Å². The molecule has 2 amide bonds. The van der Waals surface area contributed by atoms with Gasteiger partial charge in [0, 0.05) is 30.8 Å². The summed E-state index contributed by atoms with van der Waals surface area (Å²) in [6.07, 6.45) is 8.80. The summed E-state index contributed by atoms with van der Waals surface area (Å²) in [6.45, 7) is 5.25. The molecular weight excluding hydrogens is 442 g/mol. The number of carbonyl (C=O) groups is 2. The zero-order valence-electron chi connectivity index (χ0n) is 21.0. The predicted molar refractivity (Wildman–Crippen MR) is 136 cm³/mol. The van der Waals surface area contributed by atoms with Gasteiger partial charge in [-0.2, -0.15) is 4.98 Å². The molecule has 3 heterocycles. The van der Waals surface area contributed by atoms with Crippen molar-refractivity contribution in [1.82, 2.24) is 15.2 Å². The van der Waals surface area contributed by atoms with Gasteiger partial charge in [-0.05, 0) is 42.6 Å². The molecule has 7 nitrogen and oxygen atoms in total. The molecule has 0 saturated carbocycles. The summed E-state index contributed by atoms with van der Waals surface area (Å²) < 4.78 is 11.7. The van der Waals surface area contributed by atoms with Crippen molar-refractivity contribution >= 4 is 22.6 Å². The Morgan fingerprint density at radius 2 is 2.00 bits per heavy atom. The fourth-order valence-corrected chi connectivity index (χ4v) is 5.21. The zero-order chi connectivity index (χ0) is 24.8. The van der Waals surface area contributed by atoms with Gasteiger partial charge in [0.15, 0.2) is 0 Å². The standard InChI is InChI=1S/C28H37N3O4/c1-4-20-14-19(2)10-6-5-9-13-29-27(33)24-17-22(18-31(24)26(32)15-20)35-28-23-12-8-7-11-21(23)16-25(30-28)34-3/h5,7-9,11-12,16,19-20,22,24H,4,6,10,13-15,17-18H2,1-3H3,(H,29,33)/b9-5-/t19-,20-,22-,24+/m1/s1. The number of ether oxygens (including phenoxy) is 2. The Balaban J connectivity index is 1.57. The van der Waals surface area contributed by atoms with Gasteiger partial charge in [0.25, 0.3) is 0 Å². The fraction of sp³-hybridized carbons (Fsp3) is 0.536. The van der Waals surface area contributed by atoms with Crippen molar-refractivity contribution in [2.45, 2.75) is 64.5 Å². The summed E-state index contributed by atoms with van der Waals surface area (Å²) >= 11 is 0. The monoisotopic (exact) mass is 479 g/mol. The number of carbonyl (C=O) groups excluding carboxylic acids is 2. The molecule has 2 aromatic rings. The second-order valence-corrected chi connectivity index (χ2v) is 9.84. The van der Waals surface area contributed by atoms with Crippen molar-refractivity contribution in [2.24, 2.45) is 11.8 Å². The van der Waals surface area contributed by atoms with Crippen LogP contribution in [0.15, 0.2) is 42.5 Å². The van der Waals surface area contributed by atoms with Crippen LogP contribution in [0.2, 0.25) is 0 Å². The SMILES string of the molecule is CC[C@H]1CC(=O)N2C[C@H](Oc3nc(OC)cc4ccccc34)C[C@H]2C(=O)NC/C=C\CC[C@@H](C)C1. The van der Waals surface area contributed by atoms with E-state index >= 15 is 0 Å². The number of allylic oxidation sites excluding steroid dienone is 1. The van der Waals surface area contributed by atoms with E-state index in [0.717, 1.165) is 36.5 Å². The average molecular weight is 480 g/mol. The van der Waals surface area contributed by atoms with Gasteiger partial charge in [0.05, 0.1) is 13.7 Å². The molecule has 1 aromatic carbocycles. The number of benzene rings is 1. The Bertz CT molecular complexity index is 1070. The van der Waals surface area contributed by atoms with E-state index in [1.54, 1.807) is 12.0 Å². The Labute approximate surface area is 207 Å². The predicted octanol–water partition coefficient (Wildman–Crippen LogP) is 4.50. The number of hydrogen-bond donors (Lipinski definition) is 1. The highest BCUT2D eigenvalue weighted by molar-refractivity contribution is 5.89. The number of amides is 2. The lowest BCUT2D eigenvalue weighted by atomic mass is 9.88. The second kappa shape index (κ2) is 11.6. The highest BCUT2D eigenvalue weighted by Crippen LogP contribution is 2.32. The van der Waals surface area contributed by atoms with Crippen molar-refractivity contribution in [3.8, 4) is 11.8 Å². The van der Waals surface area contributed by atoms with Crippen LogP contribution < -0.4 is 14.8 Å². The van der Waals surface area contributed by atoms with Crippen LogP contribution in [0.1, 0.15) is 52.4 Å². The molecule has 0 radical (unpaired) electrons. The van der Waals surface area contributed by atoms with E-state index in [1.165, 1.54) is 0 Å². The number of nitrogens with zero attached hydrogens (tertiary/aromatic N) is 2. The fourth-order valence-electron chi connectivity index (χ4n) is 5.21. The first kappa shape index (κ1) is 25.0. The molecule has 2 aliphatic rings. The summed E-state index contributed by atoms with van der Waals surface area (Å²) in [5.74, 6) is 1.72. The van der Waals surface area contributed by atoms with Crippen LogP contribution in [0.25, 0.3) is 10.8 Å². The molecule has 1 aromatic heterocycles. The number of fused-ring (bicyclic) bond motifs is 2.